The minimum absolute atomic E-state index is 0.0697. The van der Waals surface area contributed by atoms with Crippen LogP contribution in [0, 0.1) is 0 Å². The van der Waals surface area contributed by atoms with E-state index in [1.165, 1.54) is 6.33 Å². The van der Waals surface area contributed by atoms with Gasteiger partial charge in [-0.2, -0.15) is 0 Å². The van der Waals surface area contributed by atoms with Crippen LogP contribution in [0.2, 0.25) is 0 Å². The maximum Gasteiger partial charge on any atom is 0.180 e. The number of nitrogens with two attached hydrogens (primary N) is 1. The molecule has 90 valence electrons. The predicted octanol–water partition coefficient (Wildman–Crippen LogP) is 1.60. The molecule has 0 aliphatic heterocycles. The summed E-state index contributed by atoms with van der Waals surface area (Å²) in [6, 6.07) is 9.92. The summed E-state index contributed by atoms with van der Waals surface area (Å²) >= 11 is 0. The summed E-state index contributed by atoms with van der Waals surface area (Å²) in [6.45, 7) is 0. The standard InChI is InChI=1S/C13H13N5/c14-10(9-4-2-1-3-5-9)6-12-17-11-7-15-8-16-13(11)18-12/h1-5,7-8,10H,6,14H2,(H,15,16,17,18). The number of nitrogens with zero attached hydrogens (tertiary/aromatic N) is 3. The lowest BCUT2D eigenvalue weighted by atomic mass is 10.0. The zero-order valence-corrected chi connectivity index (χ0v) is 9.74. The third kappa shape index (κ3) is 2.08. The summed E-state index contributed by atoms with van der Waals surface area (Å²) in [5.41, 5.74) is 8.78. The van der Waals surface area contributed by atoms with Gasteiger partial charge in [0.2, 0.25) is 0 Å². The summed E-state index contributed by atoms with van der Waals surface area (Å²) < 4.78 is 0. The quantitative estimate of drug-likeness (QED) is 0.727. The zero-order valence-electron chi connectivity index (χ0n) is 9.74. The molecular weight excluding hydrogens is 226 g/mol. The lowest BCUT2D eigenvalue weighted by molar-refractivity contribution is 0.696. The number of aromatic nitrogens is 4. The van der Waals surface area contributed by atoms with Crippen LogP contribution in [-0.4, -0.2) is 19.9 Å². The topological polar surface area (TPSA) is 80.5 Å². The highest BCUT2D eigenvalue weighted by Gasteiger charge is 2.10. The van der Waals surface area contributed by atoms with Gasteiger partial charge in [-0.15, -0.1) is 0 Å². The van der Waals surface area contributed by atoms with Crippen LogP contribution in [0.5, 0.6) is 0 Å². The van der Waals surface area contributed by atoms with Gasteiger partial charge in [-0.1, -0.05) is 30.3 Å². The second-order valence-electron chi connectivity index (χ2n) is 4.16. The Morgan fingerprint density at radius 2 is 2.06 bits per heavy atom. The van der Waals surface area contributed by atoms with Crippen molar-refractivity contribution in [3.63, 3.8) is 0 Å². The average molecular weight is 239 g/mol. The van der Waals surface area contributed by atoms with Crippen LogP contribution in [0.3, 0.4) is 0 Å². The Kier molecular flexibility index (Phi) is 2.74. The Bertz CT molecular complexity index is 614. The van der Waals surface area contributed by atoms with Crippen molar-refractivity contribution in [2.45, 2.75) is 12.5 Å². The van der Waals surface area contributed by atoms with Gasteiger partial charge < -0.3 is 10.7 Å². The van der Waals surface area contributed by atoms with Crippen LogP contribution >= 0.6 is 0 Å². The van der Waals surface area contributed by atoms with E-state index in [4.69, 9.17) is 5.73 Å². The third-order valence-corrected chi connectivity index (χ3v) is 2.85. The Morgan fingerprint density at radius 1 is 1.22 bits per heavy atom. The second-order valence-corrected chi connectivity index (χ2v) is 4.16. The first-order valence-corrected chi connectivity index (χ1v) is 5.78. The second kappa shape index (κ2) is 4.54. The SMILES string of the molecule is NC(Cc1nc2ncncc2[nH]1)c1ccccc1. The van der Waals surface area contributed by atoms with E-state index in [-0.39, 0.29) is 6.04 Å². The number of H-pyrrole nitrogens is 1. The molecule has 18 heavy (non-hydrogen) atoms. The van der Waals surface area contributed by atoms with E-state index in [1.54, 1.807) is 6.20 Å². The van der Waals surface area contributed by atoms with Gasteiger partial charge in [-0.3, -0.25) is 0 Å². The van der Waals surface area contributed by atoms with E-state index in [9.17, 15) is 0 Å². The maximum atomic E-state index is 6.15. The molecule has 0 bridgehead atoms. The van der Waals surface area contributed by atoms with E-state index in [0.29, 0.717) is 12.1 Å². The van der Waals surface area contributed by atoms with Crippen LogP contribution in [-0.2, 0) is 6.42 Å². The first kappa shape index (κ1) is 10.9. The van der Waals surface area contributed by atoms with Gasteiger partial charge in [0, 0.05) is 12.5 Å². The lowest BCUT2D eigenvalue weighted by Crippen LogP contribution is -2.13. The maximum absolute atomic E-state index is 6.15. The molecule has 5 nitrogen and oxygen atoms in total. The molecule has 5 heteroatoms. The summed E-state index contributed by atoms with van der Waals surface area (Å²) in [6.07, 6.45) is 3.86. The molecule has 0 radical (unpaired) electrons. The molecule has 0 spiro atoms. The van der Waals surface area contributed by atoms with Crippen molar-refractivity contribution in [1.82, 2.24) is 19.9 Å². The lowest BCUT2D eigenvalue weighted by Gasteiger charge is -2.09. The number of aromatic amines is 1. The monoisotopic (exact) mass is 239 g/mol. The molecule has 1 aromatic carbocycles. The van der Waals surface area contributed by atoms with Crippen LogP contribution < -0.4 is 5.73 Å². The van der Waals surface area contributed by atoms with Gasteiger partial charge in [-0.25, -0.2) is 15.0 Å². The molecule has 0 aliphatic rings. The molecule has 3 N–H and O–H groups in total. The summed E-state index contributed by atoms with van der Waals surface area (Å²) in [5, 5.41) is 0. The molecule has 0 fully saturated rings. The minimum Gasteiger partial charge on any atom is -0.339 e. The average Bonchev–Trinajstić information content (AvgIpc) is 2.82. The zero-order chi connectivity index (χ0) is 12.4. The molecule has 3 rings (SSSR count). The van der Waals surface area contributed by atoms with Gasteiger partial charge in [0.25, 0.3) is 0 Å². The van der Waals surface area contributed by atoms with E-state index >= 15 is 0 Å². The fourth-order valence-corrected chi connectivity index (χ4v) is 1.93. The van der Waals surface area contributed by atoms with Gasteiger partial charge in [-0.05, 0) is 5.56 Å². The summed E-state index contributed by atoms with van der Waals surface area (Å²) in [7, 11) is 0. The van der Waals surface area contributed by atoms with Crippen molar-refractivity contribution in [1.29, 1.82) is 0 Å². The molecular formula is C13H13N5. The smallest absolute Gasteiger partial charge is 0.180 e. The first-order chi connectivity index (χ1) is 8.83. The van der Waals surface area contributed by atoms with Crippen molar-refractivity contribution in [3.05, 3.63) is 54.2 Å². The van der Waals surface area contributed by atoms with Gasteiger partial charge in [0.05, 0.1) is 6.20 Å². The molecule has 1 unspecified atom stereocenters. The minimum atomic E-state index is -0.0697. The Morgan fingerprint density at radius 3 is 2.83 bits per heavy atom. The van der Waals surface area contributed by atoms with Crippen molar-refractivity contribution in [2.24, 2.45) is 5.73 Å². The van der Waals surface area contributed by atoms with Crippen LogP contribution in [0.4, 0.5) is 0 Å². The third-order valence-electron chi connectivity index (χ3n) is 2.85. The Hall–Kier alpha value is -2.27. The number of rotatable bonds is 3. The van der Waals surface area contributed by atoms with Crippen LogP contribution in [0.1, 0.15) is 17.4 Å². The number of hydrogen-bond donors (Lipinski definition) is 2. The highest BCUT2D eigenvalue weighted by molar-refractivity contribution is 5.68. The largest absolute Gasteiger partial charge is 0.339 e. The van der Waals surface area contributed by atoms with Gasteiger partial charge in [0.15, 0.2) is 5.65 Å². The molecule has 0 aliphatic carbocycles. The fraction of sp³-hybridized carbons (Fsp3) is 0.154. The molecule has 0 saturated carbocycles. The normalized spacial score (nSPS) is 12.7. The van der Waals surface area contributed by atoms with Gasteiger partial charge >= 0.3 is 0 Å². The Balaban J connectivity index is 1.84. The van der Waals surface area contributed by atoms with Crippen molar-refractivity contribution >= 4 is 11.2 Å². The molecule has 2 heterocycles. The van der Waals surface area contributed by atoms with E-state index in [0.717, 1.165) is 16.9 Å². The molecule has 2 aromatic heterocycles. The van der Waals surface area contributed by atoms with Crippen LogP contribution in [0.25, 0.3) is 11.2 Å². The predicted molar refractivity (Wildman–Crippen MR) is 68.8 cm³/mol. The molecule has 0 saturated heterocycles. The highest BCUT2D eigenvalue weighted by Crippen LogP contribution is 2.15. The van der Waals surface area contributed by atoms with Crippen molar-refractivity contribution in [2.75, 3.05) is 0 Å². The number of nitrogens with one attached hydrogen (secondary N) is 1. The highest BCUT2D eigenvalue weighted by atomic mass is 15.0. The van der Waals surface area contributed by atoms with Crippen molar-refractivity contribution in [3.8, 4) is 0 Å². The van der Waals surface area contributed by atoms with E-state index in [1.807, 2.05) is 30.3 Å². The summed E-state index contributed by atoms with van der Waals surface area (Å²) in [5.74, 6) is 0.835. The number of imidazole rings is 1. The number of hydrogen-bond acceptors (Lipinski definition) is 4. The number of fused-ring (bicyclic) bond motifs is 1. The number of benzene rings is 1. The van der Waals surface area contributed by atoms with Crippen LogP contribution in [0.15, 0.2) is 42.9 Å². The summed E-state index contributed by atoms with van der Waals surface area (Å²) in [4.78, 5) is 15.6. The Labute approximate surface area is 104 Å². The van der Waals surface area contributed by atoms with Gasteiger partial charge in [0.1, 0.15) is 17.7 Å². The molecule has 0 amide bonds. The molecule has 3 aromatic rings. The fourth-order valence-electron chi connectivity index (χ4n) is 1.93. The molecule has 1 atom stereocenters. The first-order valence-electron chi connectivity index (χ1n) is 5.78. The van der Waals surface area contributed by atoms with E-state index in [2.05, 4.69) is 19.9 Å². The van der Waals surface area contributed by atoms with E-state index < -0.39 is 0 Å². The van der Waals surface area contributed by atoms with Crippen molar-refractivity contribution < 1.29 is 0 Å².